The molecule has 2 N–H and O–H groups in total. The number of nitrogens with zero attached hydrogens (tertiary/aromatic N) is 4. The molecule has 0 saturated carbocycles. The Hall–Kier alpha value is -2.77. The highest BCUT2D eigenvalue weighted by Crippen LogP contribution is 2.22. The second-order valence-electron chi connectivity index (χ2n) is 6.61. The van der Waals surface area contributed by atoms with Gasteiger partial charge in [-0.05, 0) is 25.0 Å². The van der Waals surface area contributed by atoms with Crippen molar-refractivity contribution >= 4 is 11.9 Å². The smallest absolute Gasteiger partial charge is 0.305 e. The van der Waals surface area contributed by atoms with Crippen LogP contribution in [0, 0.1) is 5.92 Å². The second kappa shape index (κ2) is 7.42. The predicted octanol–water partition coefficient (Wildman–Crippen LogP) is 1.91. The first kappa shape index (κ1) is 18.6. The molecule has 2 rings (SSSR count). The van der Waals surface area contributed by atoms with Gasteiger partial charge in [-0.15, -0.1) is 10.2 Å². The minimum absolute atomic E-state index is 0.0525. The lowest BCUT2D eigenvalue weighted by molar-refractivity contribution is -0.139. The lowest BCUT2D eigenvalue weighted by atomic mass is 9.85. The van der Waals surface area contributed by atoms with Gasteiger partial charge in [-0.25, -0.2) is 0 Å². The van der Waals surface area contributed by atoms with E-state index in [1.807, 2.05) is 44.2 Å². The third-order valence-corrected chi connectivity index (χ3v) is 4.39. The van der Waals surface area contributed by atoms with Crippen molar-refractivity contribution in [1.29, 1.82) is 0 Å². The number of hydrogen-bond donors (Lipinski definition) is 2. The number of hydrogen-bond acceptors (Lipinski definition) is 5. The van der Waals surface area contributed by atoms with E-state index >= 15 is 0 Å². The van der Waals surface area contributed by atoms with Crippen molar-refractivity contribution in [1.82, 2.24) is 25.5 Å². The fourth-order valence-corrected chi connectivity index (χ4v) is 2.29. The normalized spacial score (nSPS) is 14.8. The lowest BCUT2D eigenvalue weighted by Gasteiger charge is -2.34. The molecule has 2 atom stereocenters. The van der Waals surface area contributed by atoms with E-state index in [2.05, 4.69) is 20.7 Å². The van der Waals surface area contributed by atoms with Crippen LogP contribution in [0.4, 0.5) is 0 Å². The third kappa shape index (κ3) is 4.40. The van der Waals surface area contributed by atoms with Crippen LogP contribution < -0.4 is 5.32 Å². The molecular weight excluding hydrogens is 322 g/mol. The average Bonchev–Trinajstić information content (AvgIpc) is 3.03. The molecule has 1 aromatic heterocycles. The van der Waals surface area contributed by atoms with Crippen molar-refractivity contribution in [2.45, 2.75) is 45.7 Å². The Bertz CT molecular complexity index is 744. The summed E-state index contributed by atoms with van der Waals surface area (Å²) in [5.74, 6) is -0.940. The van der Waals surface area contributed by atoms with Crippen molar-refractivity contribution in [3.05, 3.63) is 30.3 Å². The average molecular weight is 345 g/mol. The number of tetrazole rings is 1. The number of amides is 1. The van der Waals surface area contributed by atoms with Gasteiger partial charge >= 0.3 is 5.97 Å². The topological polar surface area (TPSA) is 110 Å². The second-order valence-corrected chi connectivity index (χ2v) is 6.61. The highest BCUT2D eigenvalue weighted by molar-refractivity contribution is 5.81. The summed E-state index contributed by atoms with van der Waals surface area (Å²) in [6.07, 6.45) is -0.164. The van der Waals surface area contributed by atoms with Gasteiger partial charge in [0.15, 0.2) is 0 Å². The first-order chi connectivity index (χ1) is 11.7. The van der Waals surface area contributed by atoms with E-state index in [0.717, 1.165) is 5.56 Å². The number of nitrogens with one attached hydrogen (secondary N) is 1. The zero-order valence-corrected chi connectivity index (χ0v) is 14.8. The van der Waals surface area contributed by atoms with E-state index in [1.165, 1.54) is 4.80 Å². The number of aliphatic carboxylic acids is 1. The lowest BCUT2D eigenvalue weighted by Crippen LogP contribution is -2.53. The van der Waals surface area contributed by atoms with E-state index in [-0.39, 0.29) is 18.2 Å². The number of carboxylic acid groups (broad SMARTS) is 1. The molecule has 0 saturated heterocycles. The summed E-state index contributed by atoms with van der Waals surface area (Å²) in [5, 5.41) is 24.1. The van der Waals surface area contributed by atoms with Crippen LogP contribution in [0.15, 0.2) is 30.3 Å². The molecule has 0 fully saturated rings. The number of benzene rings is 1. The van der Waals surface area contributed by atoms with E-state index in [0.29, 0.717) is 5.82 Å². The maximum atomic E-state index is 12.6. The first-order valence-electron chi connectivity index (χ1n) is 8.11. The van der Waals surface area contributed by atoms with Crippen LogP contribution in [0.2, 0.25) is 0 Å². The van der Waals surface area contributed by atoms with Gasteiger partial charge in [0.1, 0.15) is 6.04 Å². The summed E-state index contributed by atoms with van der Waals surface area (Å²) in [6, 6.07) is 8.62. The molecule has 8 heteroatoms. The maximum Gasteiger partial charge on any atom is 0.305 e. The summed E-state index contributed by atoms with van der Waals surface area (Å²) in [4.78, 5) is 24.9. The molecule has 1 amide bonds. The van der Waals surface area contributed by atoms with Crippen LogP contribution in [0.25, 0.3) is 11.4 Å². The molecule has 0 aliphatic rings. The number of aromatic nitrogens is 4. The standard InChI is InChI=1S/C17H23N5O3/c1-11(2)17(4,10-14(23)24)18-16(25)12(3)22-20-15(19-21-22)13-8-6-5-7-9-13/h5-9,11-12H,10H2,1-4H3,(H,18,25)(H,23,24). The minimum atomic E-state index is -0.964. The van der Waals surface area contributed by atoms with E-state index in [4.69, 9.17) is 5.11 Å². The fraction of sp³-hybridized carbons (Fsp3) is 0.471. The van der Waals surface area contributed by atoms with Gasteiger partial charge in [-0.3, -0.25) is 9.59 Å². The van der Waals surface area contributed by atoms with Crippen molar-refractivity contribution in [2.24, 2.45) is 5.92 Å². The Labute approximate surface area is 146 Å². The van der Waals surface area contributed by atoms with Gasteiger partial charge < -0.3 is 10.4 Å². The summed E-state index contributed by atoms with van der Waals surface area (Å²) < 4.78 is 0. The van der Waals surface area contributed by atoms with E-state index in [9.17, 15) is 9.59 Å². The number of carbonyl (C=O) groups is 2. The SMILES string of the molecule is CC(C(=O)NC(C)(CC(=O)O)C(C)C)n1nnc(-c2ccccc2)n1. The summed E-state index contributed by atoms with van der Waals surface area (Å²) >= 11 is 0. The Morgan fingerprint density at radius 1 is 1.24 bits per heavy atom. The van der Waals surface area contributed by atoms with Crippen LogP contribution in [-0.4, -0.2) is 42.7 Å². The molecule has 1 aromatic carbocycles. The Kier molecular flexibility index (Phi) is 5.51. The molecule has 0 aliphatic heterocycles. The van der Waals surface area contributed by atoms with Crippen molar-refractivity contribution in [3.8, 4) is 11.4 Å². The molecule has 0 radical (unpaired) electrons. The van der Waals surface area contributed by atoms with Gasteiger partial charge in [0.2, 0.25) is 11.7 Å². The van der Waals surface area contributed by atoms with Crippen molar-refractivity contribution in [3.63, 3.8) is 0 Å². The van der Waals surface area contributed by atoms with Crippen molar-refractivity contribution in [2.75, 3.05) is 0 Å². The summed E-state index contributed by atoms with van der Waals surface area (Å²) in [6.45, 7) is 7.11. The predicted molar refractivity (Wildman–Crippen MR) is 91.6 cm³/mol. The van der Waals surface area contributed by atoms with Crippen LogP contribution in [-0.2, 0) is 9.59 Å². The molecule has 0 aliphatic carbocycles. The zero-order chi connectivity index (χ0) is 18.6. The molecule has 0 bridgehead atoms. The molecule has 8 nitrogen and oxygen atoms in total. The monoisotopic (exact) mass is 345 g/mol. The van der Waals surface area contributed by atoms with Crippen LogP contribution in [0.3, 0.4) is 0 Å². The summed E-state index contributed by atoms with van der Waals surface area (Å²) in [7, 11) is 0. The minimum Gasteiger partial charge on any atom is -0.481 e. The molecule has 134 valence electrons. The molecule has 2 aromatic rings. The number of rotatable bonds is 7. The first-order valence-corrected chi connectivity index (χ1v) is 8.11. The van der Waals surface area contributed by atoms with E-state index < -0.39 is 17.6 Å². The van der Waals surface area contributed by atoms with Gasteiger partial charge in [0.25, 0.3) is 0 Å². The van der Waals surface area contributed by atoms with Crippen LogP contribution >= 0.6 is 0 Å². The zero-order valence-electron chi connectivity index (χ0n) is 14.8. The quantitative estimate of drug-likeness (QED) is 0.793. The highest BCUT2D eigenvalue weighted by atomic mass is 16.4. The fourth-order valence-electron chi connectivity index (χ4n) is 2.29. The Balaban J connectivity index is 2.14. The van der Waals surface area contributed by atoms with E-state index in [1.54, 1.807) is 13.8 Å². The van der Waals surface area contributed by atoms with Crippen LogP contribution in [0.5, 0.6) is 0 Å². The molecule has 25 heavy (non-hydrogen) atoms. The molecular formula is C17H23N5O3. The highest BCUT2D eigenvalue weighted by Gasteiger charge is 2.34. The number of carboxylic acids is 1. The summed E-state index contributed by atoms with van der Waals surface area (Å²) in [5.41, 5.74) is -0.0562. The molecule has 2 unspecified atom stereocenters. The van der Waals surface area contributed by atoms with Gasteiger partial charge in [0.05, 0.1) is 12.0 Å². The maximum absolute atomic E-state index is 12.6. The van der Waals surface area contributed by atoms with Crippen LogP contribution in [0.1, 0.15) is 40.2 Å². The largest absolute Gasteiger partial charge is 0.481 e. The Morgan fingerprint density at radius 2 is 1.88 bits per heavy atom. The third-order valence-electron chi connectivity index (χ3n) is 4.39. The van der Waals surface area contributed by atoms with Gasteiger partial charge in [-0.1, -0.05) is 44.2 Å². The molecule has 1 heterocycles. The van der Waals surface area contributed by atoms with Gasteiger partial charge in [-0.2, -0.15) is 4.80 Å². The van der Waals surface area contributed by atoms with Gasteiger partial charge in [0, 0.05) is 5.56 Å². The molecule has 0 spiro atoms. The number of carbonyl (C=O) groups excluding carboxylic acids is 1. The Morgan fingerprint density at radius 3 is 2.44 bits per heavy atom. The van der Waals surface area contributed by atoms with Crippen molar-refractivity contribution < 1.29 is 14.7 Å².